The van der Waals surface area contributed by atoms with E-state index in [4.69, 9.17) is 4.42 Å². The first-order valence-corrected chi connectivity index (χ1v) is 10.7. The van der Waals surface area contributed by atoms with E-state index in [9.17, 15) is 13.6 Å². The number of nitrogens with zero attached hydrogens (tertiary/aromatic N) is 3. The lowest BCUT2D eigenvalue weighted by molar-refractivity contribution is 0.0966. The van der Waals surface area contributed by atoms with Crippen LogP contribution in [-0.4, -0.2) is 20.3 Å². The zero-order chi connectivity index (χ0) is 23.5. The minimum atomic E-state index is -0.540. The van der Waals surface area contributed by atoms with Gasteiger partial charge in [-0.2, -0.15) is 0 Å². The quantitative estimate of drug-likeness (QED) is 0.284. The van der Waals surface area contributed by atoms with Crippen molar-refractivity contribution in [1.82, 2.24) is 14.5 Å². The number of benzene rings is 2. The summed E-state index contributed by atoms with van der Waals surface area (Å²) in [5.74, 6) is -0.686. The number of hydrogen-bond acceptors (Lipinski definition) is 4. The molecule has 3 aromatic heterocycles. The standard InChI is InChI=1S/C27H19F2N3O2/c28-21-8-6-19(7-9-21)26-27(32(17-31-26)16-18-4-2-1-3-5-18)25-11-10-24(34-25)23(33)14-20-12-13-30-15-22(20)29/h1-13,15,17H,14,16H2. The fourth-order valence-corrected chi connectivity index (χ4v) is 3.78. The minimum Gasteiger partial charge on any atom is -0.451 e. The normalized spacial score (nSPS) is 11.0. The summed E-state index contributed by atoms with van der Waals surface area (Å²) in [5.41, 5.74) is 3.28. The summed E-state index contributed by atoms with van der Waals surface area (Å²) in [7, 11) is 0. The highest BCUT2D eigenvalue weighted by atomic mass is 19.1. The van der Waals surface area contributed by atoms with Crippen LogP contribution >= 0.6 is 0 Å². The number of carbonyl (C=O) groups is 1. The first-order valence-electron chi connectivity index (χ1n) is 10.7. The predicted molar refractivity (Wildman–Crippen MR) is 123 cm³/mol. The number of ketones is 1. The summed E-state index contributed by atoms with van der Waals surface area (Å²) < 4.78 is 35.3. The van der Waals surface area contributed by atoms with Crippen molar-refractivity contribution in [1.29, 1.82) is 0 Å². The maximum Gasteiger partial charge on any atom is 0.202 e. The molecule has 0 fully saturated rings. The Balaban J connectivity index is 1.52. The van der Waals surface area contributed by atoms with Crippen LogP contribution in [0.1, 0.15) is 21.7 Å². The molecule has 0 bridgehead atoms. The zero-order valence-corrected chi connectivity index (χ0v) is 18.0. The van der Waals surface area contributed by atoms with Gasteiger partial charge in [-0.1, -0.05) is 30.3 Å². The third-order valence-electron chi connectivity index (χ3n) is 5.47. The Kier molecular flexibility index (Phi) is 5.82. The molecule has 5 aromatic rings. The second-order valence-corrected chi connectivity index (χ2v) is 7.79. The second-order valence-electron chi connectivity index (χ2n) is 7.79. The van der Waals surface area contributed by atoms with Crippen molar-refractivity contribution in [2.45, 2.75) is 13.0 Å². The molecule has 0 atom stereocenters. The van der Waals surface area contributed by atoms with Gasteiger partial charge in [0.15, 0.2) is 11.5 Å². The van der Waals surface area contributed by atoms with Gasteiger partial charge >= 0.3 is 0 Å². The Bertz CT molecular complexity index is 1440. The highest BCUT2D eigenvalue weighted by Gasteiger charge is 2.21. The molecule has 0 aliphatic heterocycles. The van der Waals surface area contributed by atoms with E-state index in [1.54, 1.807) is 30.6 Å². The topological polar surface area (TPSA) is 60.9 Å². The van der Waals surface area contributed by atoms with Crippen LogP contribution in [0.3, 0.4) is 0 Å². The molecule has 0 saturated heterocycles. The Morgan fingerprint density at radius 2 is 1.74 bits per heavy atom. The van der Waals surface area contributed by atoms with Gasteiger partial charge in [-0.05, 0) is 53.6 Å². The van der Waals surface area contributed by atoms with Crippen LogP contribution in [0.15, 0.2) is 95.9 Å². The zero-order valence-electron chi connectivity index (χ0n) is 18.0. The van der Waals surface area contributed by atoms with Crippen molar-refractivity contribution in [3.63, 3.8) is 0 Å². The molecule has 0 unspecified atom stereocenters. The Morgan fingerprint density at radius 3 is 2.50 bits per heavy atom. The molecule has 0 aliphatic rings. The van der Waals surface area contributed by atoms with E-state index in [1.165, 1.54) is 24.4 Å². The van der Waals surface area contributed by atoms with E-state index in [1.807, 2.05) is 34.9 Å². The molecule has 168 valence electrons. The molecule has 2 aromatic carbocycles. The van der Waals surface area contributed by atoms with Crippen LogP contribution in [0.5, 0.6) is 0 Å². The van der Waals surface area contributed by atoms with E-state index < -0.39 is 5.82 Å². The third kappa shape index (κ3) is 4.41. The van der Waals surface area contributed by atoms with Crippen molar-refractivity contribution in [3.8, 4) is 22.7 Å². The van der Waals surface area contributed by atoms with Crippen LogP contribution in [0.4, 0.5) is 8.78 Å². The number of hydrogen-bond donors (Lipinski definition) is 0. The third-order valence-corrected chi connectivity index (χ3v) is 5.47. The van der Waals surface area contributed by atoms with Gasteiger partial charge in [0.05, 0.1) is 18.2 Å². The van der Waals surface area contributed by atoms with Gasteiger partial charge in [0, 0.05) is 24.7 Å². The number of pyridine rings is 1. The molecule has 0 N–H and O–H groups in total. The van der Waals surface area contributed by atoms with Crippen molar-refractivity contribution < 1.29 is 18.0 Å². The van der Waals surface area contributed by atoms with Gasteiger partial charge in [0.25, 0.3) is 0 Å². The molecular formula is C27H19F2N3O2. The molecule has 7 heteroatoms. The van der Waals surface area contributed by atoms with Gasteiger partial charge in [-0.25, -0.2) is 13.8 Å². The minimum absolute atomic E-state index is 0.115. The van der Waals surface area contributed by atoms with Crippen LogP contribution < -0.4 is 0 Å². The highest BCUT2D eigenvalue weighted by Crippen LogP contribution is 2.33. The maximum atomic E-state index is 13.9. The number of furan rings is 1. The largest absolute Gasteiger partial charge is 0.451 e. The lowest BCUT2D eigenvalue weighted by atomic mass is 10.1. The number of halogens is 2. The Morgan fingerprint density at radius 1 is 0.941 bits per heavy atom. The van der Waals surface area contributed by atoms with Gasteiger partial charge < -0.3 is 8.98 Å². The summed E-state index contributed by atoms with van der Waals surface area (Å²) in [6.07, 6.45) is 4.07. The lowest BCUT2D eigenvalue weighted by Crippen LogP contribution is -2.04. The number of imidazole rings is 1. The highest BCUT2D eigenvalue weighted by molar-refractivity contribution is 5.95. The maximum absolute atomic E-state index is 13.9. The molecule has 5 nitrogen and oxygen atoms in total. The van der Waals surface area contributed by atoms with Gasteiger partial charge in [-0.3, -0.25) is 9.78 Å². The second kappa shape index (κ2) is 9.23. The van der Waals surface area contributed by atoms with Gasteiger partial charge in [0.1, 0.15) is 17.3 Å². The van der Waals surface area contributed by atoms with E-state index in [2.05, 4.69) is 9.97 Å². The first-order chi connectivity index (χ1) is 16.6. The molecule has 0 amide bonds. The monoisotopic (exact) mass is 455 g/mol. The Hall–Kier alpha value is -4.39. The molecule has 34 heavy (non-hydrogen) atoms. The van der Waals surface area contributed by atoms with E-state index in [0.717, 1.165) is 11.8 Å². The average molecular weight is 455 g/mol. The summed E-state index contributed by atoms with van der Waals surface area (Å²) in [6, 6.07) is 20.6. The molecule has 0 aliphatic carbocycles. The lowest BCUT2D eigenvalue weighted by Gasteiger charge is -2.09. The van der Waals surface area contributed by atoms with Crippen molar-refractivity contribution in [3.05, 3.63) is 120 Å². The fourth-order valence-electron chi connectivity index (χ4n) is 3.78. The van der Waals surface area contributed by atoms with E-state index in [0.29, 0.717) is 29.3 Å². The number of aromatic nitrogens is 3. The summed E-state index contributed by atoms with van der Waals surface area (Å²) in [5, 5.41) is 0. The summed E-state index contributed by atoms with van der Waals surface area (Å²) in [6.45, 7) is 0.524. The average Bonchev–Trinajstić information content (AvgIpc) is 3.49. The summed E-state index contributed by atoms with van der Waals surface area (Å²) >= 11 is 0. The Labute approximate surface area is 194 Å². The number of Topliss-reactive ketones (excluding diaryl/α,β-unsaturated/α-hetero) is 1. The smallest absolute Gasteiger partial charge is 0.202 e. The van der Waals surface area contributed by atoms with E-state index >= 15 is 0 Å². The van der Waals surface area contributed by atoms with Crippen molar-refractivity contribution in [2.24, 2.45) is 0 Å². The molecule has 0 saturated carbocycles. The first kappa shape index (κ1) is 21.5. The van der Waals surface area contributed by atoms with E-state index in [-0.39, 0.29) is 29.3 Å². The predicted octanol–water partition coefficient (Wildman–Crippen LogP) is 5.96. The molecule has 0 spiro atoms. The van der Waals surface area contributed by atoms with Crippen LogP contribution in [0.25, 0.3) is 22.7 Å². The molecule has 3 heterocycles. The SMILES string of the molecule is O=C(Cc1ccncc1F)c1ccc(-c2c(-c3ccc(F)cc3)ncn2Cc2ccccc2)o1. The molecule has 5 rings (SSSR count). The van der Waals surface area contributed by atoms with Crippen LogP contribution in [0.2, 0.25) is 0 Å². The molecule has 0 radical (unpaired) electrons. The van der Waals surface area contributed by atoms with Crippen molar-refractivity contribution >= 4 is 5.78 Å². The van der Waals surface area contributed by atoms with Crippen LogP contribution in [0, 0.1) is 11.6 Å². The summed E-state index contributed by atoms with van der Waals surface area (Å²) in [4.78, 5) is 21.0. The van der Waals surface area contributed by atoms with Gasteiger partial charge in [0.2, 0.25) is 5.78 Å². The van der Waals surface area contributed by atoms with Crippen molar-refractivity contribution in [2.75, 3.05) is 0 Å². The van der Waals surface area contributed by atoms with Gasteiger partial charge in [-0.15, -0.1) is 0 Å². The van der Waals surface area contributed by atoms with Crippen LogP contribution in [-0.2, 0) is 13.0 Å². The number of rotatable bonds is 7. The number of carbonyl (C=O) groups excluding carboxylic acids is 1. The fraction of sp³-hybridized carbons (Fsp3) is 0.0741. The molecular weight excluding hydrogens is 436 g/mol.